The van der Waals surface area contributed by atoms with E-state index in [1.165, 1.54) is 13.0 Å². The average molecular weight is 221 g/mol. The molecule has 88 valence electrons. The van der Waals surface area contributed by atoms with E-state index in [4.69, 9.17) is 5.73 Å². The van der Waals surface area contributed by atoms with Gasteiger partial charge in [0.05, 0.1) is 18.1 Å². The summed E-state index contributed by atoms with van der Waals surface area (Å²) in [5.74, 6) is 0.797. The third-order valence-corrected chi connectivity index (χ3v) is 2.85. The Hall–Kier alpha value is -1.36. The largest absolute Gasteiger partial charge is 0.396 e. The van der Waals surface area contributed by atoms with Gasteiger partial charge in [-0.1, -0.05) is 6.92 Å². The third-order valence-electron chi connectivity index (χ3n) is 2.85. The maximum Gasteiger partial charge on any atom is 0.225 e. The number of piperazine rings is 1. The molecule has 5 nitrogen and oxygen atoms in total. The molecule has 0 aromatic carbocycles. The van der Waals surface area contributed by atoms with Crippen LogP contribution in [0.5, 0.6) is 0 Å². The standard InChI is InChI=1S/C11H19N5/c1-2-3-15-4-6-16(7-5-15)11-13-8-10(12)9-14-11/h8-9H,2-7,12H2,1H3. The van der Waals surface area contributed by atoms with Gasteiger partial charge in [0.15, 0.2) is 0 Å². The first kappa shape index (κ1) is 11.1. The summed E-state index contributed by atoms with van der Waals surface area (Å²) < 4.78 is 0. The number of anilines is 2. The van der Waals surface area contributed by atoms with Crippen molar-refractivity contribution in [3.63, 3.8) is 0 Å². The summed E-state index contributed by atoms with van der Waals surface area (Å²) in [6.45, 7) is 7.61. The van der Waals surface area contributed by atoms with Gasteiger partial charge in [0.1, 0.15) is 0 Å². The molecule has 1 aliphatic heterocycles. The first-order valence-electron chi connectivity index (χ1n) is 5.84. The van der Waals surface area contributed by atoms with Gasteiger partial charge in [0.25, 0.3) is 0 Å². The second kappa shape index (κ2) is 5.12. The van der Waals surface area contributed by atoms with Crippen molar-refractivity contribution in [1.29, 1.82) is 0 Å². The van der Waals surface area contributed by atoms with Crippen LogP contribution in [-0.2, 0) is 0 Å². The van der Waals surface area contributed by atoms with E-state index in [9.17, 15) is 0 Å². The summed E-state index contributed by atoms with van der Waals surface area (Å²) in [7, 11) is 0. The lowest BCUT2D eigenvalue weighted by molar-refractivity contribution is 0.257. The number of rotatable bonds is 3. The second-order valence-corrected chi connectivity index (χ2v) is 4.15. The molecule has 0 aliphatic carbocycles. The minimum absolute atomic E-state index is 0.619. The summed E-state index contributed by atoms with van der Waals surface area (Å²) in [6.07, 6.45) is 4.56. The minimum atomic E-state index is 0.619. The van der Waals surface area contributed by atoms with Gasteiger partial charge in [-0.25, -0.2) is 9.97 Å². The molecule has 0 radical (unpaired) electrons. The molecule has 0 saturated carbocycles. The van der Waals surface area contributed by atoms with Crippen molar-refractivity contribution in [3.8, 4) is 0 Å². The summed E-state index contributed by atoms with van der Waals surface area (Å²) in [4.78, 5) is 13.2. The summed E-state index contributed by atoms with van der Waals surface area (Å²) in [5.41, 5.74) is 6.18. The molecule has 1 saturated heterocycles. The zero-order valence-electron chi connectivity index (χ0n) is 9.76. The molecule has 0 atom stereocenters. The van der Waals surface area contributed by atoms with Crippen molar-refractivity contribution in [2.24, 2.45) is 0 Å². The molecule has 2 N–H and O–H groups in total. The van der Waals surface area contributed by atoms with Crippen LogP contribution in [0, 0.1) is 0 Å². The van der Waals surface area contributed by atoms with E-state index < -0.39 is 0 Å². The second-order valence-electron chi connectivity index (χ2n) is 4.15. The number of nitrogen functional groups attached to an aromatic ring is 1. The molecule has 0 spiro atoms. The zero-order chi connectivity index (χ0) is 11.4. The Kier molecular flexibility index (Phi) is 3.56. The average Bonchev–Trinajstić information content (AvgIpc) is 2.32. The highest BCUT2D eigenvalue weighted by Crippen LogP contribution is 2.11. The van der Waals surface area contributed by atoms with Crippen LogP contribution in [0.4, 0.5) is 11.6 Å². The predicted molar refractivity (Wildman–Crippen MR) is 65.4 cm³/mol. The van der Waals surface area contributed by atoms with E-state index in [0.717, 1.165) is 32.1 Å². The van der Waals surface area contributed by atoms with Gasteiger partial charge in [-0.3, -0.25) is 4.90 Å². The molecule has 1 aliphatic rings. The Morgan fingerprint density at radius 2 is 1.81 bits per heavy atom. The van der Waals surface area contributed by atoms with Crippen LogP contribution in [-0.4, -0.2) is 47.6 Å². The normalized spacial score (nSPS) is 17.7. The molecule has 0 unspecified atom stereocenters. The third kappa shape index (κ3) is 2.61. The van der Waals surface area contributed by atoms with Crippen LogP contribution < -0.4 is 10.6 Å². The number of hydrogen-bond donors (Lipinski definition) is 1. The molecule has 1 fully saturated rings. The molecular formula is C11H19N5. The maximum atomic E-state index is 5.57. The Labute approximate surface area is 96.3 Å². The Morgan fingerprint density at radius 3 is 2.38 bits per heavy atom. The van der Waals surface area contributed by atoms with Crippen molar-refractivity contribution >= 4 is 11.6 Å². The van der Waals surface area contributed by atoms with Crippen molar-refractivity contribution in [3.05, 3.63) is 12.4 Å². The lowest BCUT2D eigenvalue weighted by Gasteiger charge is -2.34. The number of aromatic nitrogens is 2. The van der Waals surface area contributed by atoms with Gasteiger partial charge in [0.2, 0.25) is 5.95 Å². The van der Waals surface area contributed by atoms with E-state index in [0.29, 0.717) is 5.69 Å². The van der Waals surface area contributed by atoms with Crippen molar-refractivity contribution in [2.75, 3.05) is 43.4 Å². The SMILES string of the molecule is CCCN1CCN(c2ncc(N)cn2)CC1. The Bertz CT molecular complexity index is 316. The van der Waals surface area contributed by atoms with Gasteiger partial charge >= 0.3 is 0 Å². The molecule has 2 rings (SSSR count). The molecule has 5 heteroatoms. The highest BCUT2D eigenvalue weighted by molar-refractivity contribution is 5.38. The molecule has 16 heavy (non-hydrogen) atoms. The minimum Gasteiger partial charge on any atom is -0.396 e. The first-order chi connectivity index (χ1) is 7.79. The van der Waals surface area contributed by atoms with Gasteiger partial charge in [-0.2, -0.15) is 0 Å². The summed E-state index contributed by atoms with van der Waals surface area (Å²) in [5, 5.41) is 0. The van der Waals surface area contributed by atoms with Crippen molar-refractivity contribution in [1.82, 2.24) is 14.9 Å². The van der Waals surface area contributed by atoms with Crippen LogP contribution >= 0.6 is 0 Å². The van der Waals surface area contributed by atoms with Crippen LogP contribution in [0.25, 0.3) is 0 Å². The van der Waals surface area contributed by atoms with Crippen LogP contribution in [0.2, 0.25) is 0 Å². The van der Waals surface area contributed by atoms with Gasteiger partial charge < -0.3 is 10.6 Å². The Morgan fingerprint density at radius 1 is 1.19 bits per heavy atom. The fraction of sp³-hybridized carbons (Fsp3) is 0.636. The first-order valence-corrected chi connectivity index (χ1v) is 5.84. The topological polar surface area (TPSA) is 58.3 Å². The number of hydrogen-bond acceptors (Lipinski definition) is 5. The molecule has 2 heterocycles. The van der Waals surface area contributed by atoms with E-state index in [-0.39, 0.29) is 0 Å². The fourth-order valence-corrected chi connectivity index (χ4v) is 1.98. The summed E-state index contributed by atoms with van der Waals surface area (Å²) >= 11 is 0. The molecule has 1 aromatic heterocycles. The van der Waals surface area contributed by atoms with Crippen LogP contribution in [0.1, 0.15) is 13.3 Å². The smallest absolute Gasteiger partial charge is 0.225 e. The fourth-order valence-electron chi connectivity index (χ4n) is 1.98. The zero-order valence-corrected chi connectivity index (χ0v) is 9.76. The molecule has 0 amide bonds. The van der Waals surface area contributed by atoms with Gasteiger partial charge in [0, 0.05) is 26.2 Å². The lowest BCUT2D eigenvalue weighted by Crippen LogP contribution is -2.47. The van der Waals surface area contributed by atoms with Crippen LogP contribution in [0.3, 0.4) is 0 Å². The quantitative estimate of drug-likeness (QED) is 0.809. The maximum absolute atomic E-state index is 5.57. The number of nitrogens with two attached hydrogens (primary N) is 1. The van der Waals surface area contributed by atoms with Gasteiger partial charge in [-0.05, 0) is 13.0 Å². The van der Waals surface area contributed by atoms with E-state index in [1.807, 2.05) is 0 Å². The summed E-state index contributed by atoms with van der Waals surface area (Å²) in [6, 6.07) is 0. The highest BCUT2D eigenvalue weighted by atomic mass is 15.3. The van der Waals surface area contributed by atoms with E-state index in [1.54, 1.807) is 12.4 Å². The van der Waals surface area contributed by atoms with E-state index >= 15 is 0 Å². The molecular weight excluding hydrogens is 202 g/mol. The van der Waals surface area contributed by atoms with E-state index in [2.05, 4.69) is 26.7 Å². The predicted octanol–water partition coefficient (Wildman–Crippen LogP) is 0.591. The van der Waals surface area contributed by atoms with Gasteiger partial charge in [-0.15, -0.1) is 0 Å². The molecule has 1 aromatic rings. The Balaban J connectivity index is 1.91. The van der Waals surface area contributed by atoms with Crippen molar-refractivity contribution in [2.45, 2.75) is 13.3 Å². The highest BCUT2D eigenvalue weighted by Gasteiger charge is 2.17. The van der Waals surface area contributed by atoms with Crippen molar-refractivity contribution < 1.29 is 0 Å². The lowest BCUT2D eigenvalue weighted by atomic mass is 10.3. The molecule has 0 bridgehead atoms. The van der Waals surface area contributed by atoms with Crippen LogP contribution in [0.15, 0.2) is 12.4 Å². The monoisotopic (exact) mass is 221 g/mol. The number of nitrogens with zero attached hydrogens (tertiary/aromatic N) is 4.